The Morgan fingerprint density at radius 2 is 1.95 bits per heavy atom. The lowest BCUT2D eigenvalue weighted by Crippen LogP contribution is -2.46. The minimum Gasteiger partial charge on any atom is -0.353 e. The highest BCUT2D eigenvalue weighted by molar-refractivity contribution is 6.31. The van der Waals surface area contributed by atoms with Gasteiger partial charge in [-0.25, -0.2) is 9.97 Å². The molecule has 0 N–H and O–H groups in total. The molecule has 0 amide bonds. The molecule has 0 unspecified atom stereocenters. The predicted octanol–water partition coefficient (Wildman–Crippen LogP) is 2.43. The molecule has 1 aliphatic heterocycles. The summed E-state index contributed by atoms with van der Waals surface area (Å²) in [5, 5.41) is 1.80. The normalized spacial score (nSPS) is 17.1. The second kappa shape index (κ2) is 5.31. The van der Waals surface area contributed by atoms with Gasteiger partial charge in [0.2, 0.25) is 0 Å². The molecule has 0 saturated carbocycles. The molecule has 2 aromatic rings. The molecule has 1 aliphatic rings. The number of likely N-dealkylation sites (N-methyl/N-ethyl adjacent to an activating group) is 1. The first-order valence-electron chi connectivity index (χ1n) is 6.65. The standard InChI is InChI=1S/C14H17ClN4/c1-2-18-5-7-19(8-6-18)14-12-4-3-11(15)9-13(12)16-10-17-14/h3-4,9-10H,2,5-8H2,1H3. The van der Waals surface area contributed by atoms with Crippen molar-refractivity contribution in [1.29, 1.82) is 0 Å². The molecular weight excluding hydrogens is 260 g/mol. The van der Waals surface area contributed by atoms with Gasteiger partial charge in [0.1, 0.15) is 12.1 Å². The highest BCUT2D eigenvalue weighted by Gasteiger charge is 2.18. The Morgan fingerprint density at radius 1 is 1.16 bits per heavy atom. The Labute approximate surface area is 118 Å². The van der Waals surface area contributed by atoms with Crippen molar-refractivity contribution in [2.45, 2.75) is 6.92 Å². The van der Waals surface area contributed by atoms with Crippen LogP contribution in [0, 0.1) is 0 Å². The van der Waals surface area contributed by atoms with E-state index in [1.807, 2.05) is 18.2 Å². The number of fused-ring (bicyclic) bond motifs is 1. The minimum absolute atomic E-state index is 0.716. The van der Waals surface area contributed by atoms with E-state index in [0.717, 1.165) is 49.4 Å². The summed E-state index contributed by atoms with van der Waals surface area (Å²) in [7, 11) is 0. The van der Waals surface area contributed by atoms with Crippen molar-refractivity contribution in [3.63, 3.8) is 0 Å². The van der Waals surface area contributed by atoms with Gasteiger partial charge in [0.15, 0.2) is 0 Å². The second-order valence-corrected chi connectivity index (χ2v) is 5.22. The Kier molecular flexibility index (Phi) is 3.53. The first-order valence-corrected chi connectivity index (χ1v) is 7.03. The van der Waals surface area contributed by atoms with Gasteiger partial charge in [-0.3, -0.25) is 0 Å². The molecule has 2 heterocycles. The number of nitrogens with zero attached hydrogens (tertiary/aromatic N) is 4. The van der Waals surface area contributed by atoms with Crippen molar-refractivity contribution in [2.75, 3.05) is 37.6 Å². The van der Waals surface area contributed by atoms with Gasteiger partial charge in [0, 0.05) is 36.6 Å². The van der Waals surface area contributed by atoms with Crippen molar-refractivity contribution in [2.24, 2.45) is 0 Å². The molecule has 1 aromatic heterocycles. The van der Waals surface area contributed by atoms with Gasteiger partial charge in [-0.15, -0.1) is 0 Å². The van der Waals surface area contributed by atoms with E-state index in [1.54, 1.807) is 6.33 Å². The Balaban J connectivity index is 1.93. The largest absolute Gasteiger partial charge is 0.353 e. The monoisotopic (exact) mass is 276 g/mol. The van der Waals surface area contributed by atoms with Crippen molar-refractivity contribution in [3.05, 3.63) is 29.5 Å². The van der Waals surface area contributed by atoms with Crippen molar-refractivity contribution >= 4 is 28.3 Å². The molecule has 3 rings (SSSR count). The third-order valence-electron chi connectivity index (χ3n) is 3.70. The molecule has 19 heavy (non-hydrogen) atoms. The van der Waals surface area contributed by atoms with E-state index in [2.05, 4.69) is 26.7 Å². The Bertz CT molecular complexity index is 579. The van der Waals surface area contributed by atoms with E-state index in [0.29, 0.717) is 5.02 Å². The maximum Gasteiger partial charge on any atom is 0.139 e. The molecule has 1 fully saturated rings. The van der Waals surface area contributed by atoms with Gasteiger partial charge in [0.05, 0.1) is 5.52 Å². The highest BCUT2D eigenvalue weighted by Crippen LogP contribution is 2.25. The van der Waals surface area contributed by atoms with Crippen LogP contribution in [0.4, 0.5) is 5.82 Å². The fourth-order valence-electron chi connectivity index (χ4n) is 2.54. The van der Waals surface area contributed by atoms with Gasteiger partial charge in [-0.2, -0.15) is 0 Å². The van der Waals surface area contributed by atoms with E-state index in [-0.39, 0.29) is 0 Å². The summed E-state index contributed by atoms with van der Waals surface area (Å²) in [6.07, 6.45) is 1.63. The van der Waals surface area contributed by atoms with E-state index < -0.39 is 0 Å². The molecule has 100 valence electrons. The summed E-state index contributed by atoms with van der Waals surface area (Å²) in [5.41, 5.74) is 0.912. The van der Waals surface area contributed by atoms with Crippen LogP contribution >= 0.6 is 11.6 Å². The summed E-state index contributed by atoms with van der Waals surface area (Å²) in [4.78, 5) is 13.6. The maximum atomic E-state index is 6.01. The van der Waals surface area contributed by atoms with E-state index in [1.165, 1.54) is 0 Å². The van der Waals surface area contributed by atoms with Crippen LogP contribution in [0.25, 0.3) is 10.9 Å². The average Bonchev–Trinajstić information content (AvgIpc) is 2.46. The summed E-state index contributed by atoms with van der Waals surface area (Å²) in [5.74, 6) is 1.03. The number of halogens is 1. The molecule has 0 radical (unpaired) electrons. The van der Waals surface area contributed by atoms with Crippen LogP contribution < -0.4 is 4.90 Å². The Morgan fingerprint density at radius 3 is 2.68 bits per heavy atom. The van der Waals surface area contributed by atoms with Crippen LogP contribution in [0.5, 0.6) is 0 Å². The molecule has 5 heteroatoms. The fourth-order valence-corrected chi connectivity index (χ4v) is 2.71. The SMILES string of the molecule is CCN1CCN(c2ncnc3cc(Cl)ccc23)CC1. The average molecular weight is 277 g/mol. The van der Waals surface area contributed by atoms with Crippen LogP contribution in [-0.2, 0) is 0 Å². The number of rotatable bonds is 2. The van der Waals surface area contributed by atoms with Gasteiger partial charge < -0.3 is 9.80 Å². The van der Waals surface area contributed by atoms with Gasteiger partial charge in [0.25, 0.3) is 0 Å². The number of aromatic nitrogens is 2. The van der Waals surface area contributed by atoms with Gasteiger partial charge >= 0.3 is 0 Å². The molecule has 0 bridgehead atoms. The second-order valence-electron chi connectivity index (χ2n) is 4.78. The number of anilines is 1. The lowest BCUT2D eigenvalue weighted by molar-refractivity contribution is 0.271. The smallest absolute Gasteiger partial charge is 0.139 e. The van der Waals surface area contributed by atoms with Crippen LogP contribution in [-0.4, -0.2) is 47.6 Å². The zero-order valence-corrected chi connectivity index (χ0v) is 11.8. The number of hydrogen-bond donors (Lipinski definition) is 0. The molecule has 0 spiro atoms. The highest BCUT2D eigenvalue weighted by atomic mass is 35.5. The first-order chi connectivity index (χ1) is 9.28. The minimum atomic E-state index is 0.716. The van der Waals surface area contributed by atoms with E-state index in [9.17, 15) is 0 Å². The van der Waals surface area contributed by atoms with E-state index in [4.69, 9.17) is 11.6 Å². The quantitative estimate of drug-likeness (QED) is 0.843. The van der Waals surface area contributed by atoms with Crippen LogP contribution in [0.15, 0.2) is 24.5 Å². The molecular formula is C14H17ClN4. The zero-order chi connectivity index (χ0) is 13.2. The van der Waals surface area contributed by atoms with Crippen LogP contribution in [0.1, 0.15) is 6.92 Å². The fraction of sp³-hybridized carbons (Fsp3) is 0.429. The van der Waals surface area contributed by atoms with Crippen LogP contribution in [0.3, 0.4) is 0 Å². The van der Waals surface area contributed by atoms with Crippen molar-refractivity contribution in [3.8, 4) is 0 Å². The van der Waals surface area contributed by atoms with Crippen molar-refractivity contribution < 1.29 is 0 Å². The summed E-state index contributed by atoms with van der Waals surface area (Å²) < 4.78 is 0. The molecule has 4 nitrogen and oxygen atoms in total. The molecule has 0 aliphatic carbocycles. The summed E-state index contributed by atoms with van der Waals surface area (Å²) >= 11 is 6.01. The Hall–Kier alpha value is -1.39. The van der Waals surface area contributed by atoms with Gasteiger partial charge in [-0.1, -0.05) is 18.5 Å². The third kappa shape index (κ3) is 2.51. The molecule has 1 saturated heterocycles. The zero-order valence-electron chi connectivity index (χ0n) is 11.0. The number of benzene rings is 1. The van der Waals surface area contributed by atoms with E-state index >= 15 is 0 Å². The topological polar surface area (TPSA) is 32.3 Å². The predicted molar refractivity (Wildman–Crippen MR) is 78.9 cm³/mol. The maximum absolute atomic E-state index is 6.01. The molecule has 1 aromatic carbocycles. The summed E-state index contributed by atoms with van der Waals surface area (Å²) in [6, 6.07) is 5.81. The number of hydrogen-bond acceptors (Lipinski definition) is 4. The molecule has 0 atom stereocenters. The van der Waals surface area contributed by atoms with Crippen LogP contribution in [0.2, 0.25) is 5.02 Å². The third-order valence-corrected chi connectivity index (χ3v) is 3.93. The lowest BCUT2D eigenvalue weighted by atomic mass is 10.2. The number of piperazine rings is 1. The summed E-state index contributed by atoms with van der Waals surface area (Å²) in [6.45, 7) is 7.54. The van der Waals surface area contributed by atoms with Gasteiger partial charge in [-0.05, 0) is 24.7 Å². The first kappa shape index (κ1) is 12.6. The van der Waals surface area contributed by atoms with Crippen molar-refractivity contribution in [1.82, 2.24) is 14.9 Å². The lowest BCUT2D eigenvalue weighted by Gasteiger charge is -2.35.